The Morgan fingerprint density at radius 3 is 2.44 bits per heavy atom. The molecule has 104 valence electrons. The van der Waals surface area contributed by atoms with E-state index >= 15 is 0 Å². The molecule has 0 saturated heterocycles. The first-order valence-electron chi connectivity index (χ1n) is 4.86. The Morgan fingerprint density at radius 2 is 1.94 bits per heavy atom. The van der Waals surface area contributed by atoms with E-state index in [9.17, 15) is 21.6 Å². The van der Waals surface area contributed by atoms with Gasteiger partial charge in [0.15, 0.2) is 0 Å². The number of hydrogen-bond donors (Lipinski definition) is 2. The third-order valence-corrected chi connectivity index (χ3v) is 4.41. The topological polar surface area (TPSA) is 98.0 Å². The van der Waals surface area contributed by atoms with Crippen LogP contribution in [0.2, 0.25) is 0 Å². The molecule has 1 rings (SSSR count). The maximum absolute atomic E-state index is 11.8. The van der Waals surface area contributed by atoms with Crippen LogP contribution in [0.4, 0.5) is 18.3 Å². The Morgan fingerprint density at radius 1 is 1.28 bits per heavy atom. The van der Waals surface area contributed by atoms with Crippen LogP contribution in [-0.2, 0) is 10.0 Å². The van der Waals surface area contributed by atoms with Crippen molar-refractivity contribution in [3.8, 4) is 0 Å². The molecule has 1 aromatic heterocycles. The Balaban J connectivity index is 2.35. The van der Waals surface area contributed by atoms with E-state index in [1.165, 1.54) is 0 Å². The summed E-state index contributed by atoms with van der Waals surface area (Å²) >= 11 is 0.688. The second-order valence-corrected chi connectivity index (χ2v) is 6.33. The summed E-state index contributed by atoms with van der Waals surface area (Å²) < 4.78 is 60.3. The molecule has 1 heterocycles. The fraction of sp³-hybridized carbons (Fsp3) is 0.714. The van der Waals surface area contributed by atoms with Crippen LogP contribution in [0.1, 0.15) is 19.3 Å². The lowest BCUT2D eigenvalue weighted by atomic mass is 10.2. The van der Waals surface area contributed by atoms with Crippen LogP contribution in [0.5, 0.6) is 0 Å². The van der Waals surface area contributed by atoms with E-state index < -0.39 is 22.6 Å². The van der Waals surface area contributed by atoms with Gasteiger partial charge in [-0.2, -0.15) is 13.2 Å². The number of alkyl halides is 3. The number of nitrogens with zero attached hydrogens (tertiary/aromatic N) is 2. The highest BCUT2D eigenvalue weighted by Gasteiger charge is 2.26. The molecule has 0 amide bonds. The SMILES string of the molecule is Nc1nnc(S(=O)(=O)NCCCCC(F)(F)F)s1. The van der Waals surface area contributed by atoms with Crippen molar-refractivity contribution >= 4 is 26.5 Å². The summed E-state index contributed by atoms with van der Waals surface area (Å²) in [5.74, 6) is 0. The molecule has 0 aliphatic carbocycles. The number of nitrogens with two attached hydrogens (primary N) is 1. The Labute approximate surface area is 105 Å². The number of halogens is 3. The summed E-state index contributed by atoms with van der Waals surface area (Å²) in [6.07, 6.45) is -5.19. The van der Waals surface area contributed by atoms with Crippen LogP contribution in [-0.4, -0.2) is 31.3 Å². The van der Waals surface area contributed by atoms with E-state index in [1.807, 2.05) is 0 Å². The summed E-state index contributed by atoms with van der Waals surface area (Å²) in [5.41, 5.74) is 5.23. The second-order valence-electron chi connectivity index (χ2n) is 3.38. The van der Waals surface area contributed by atoms with Gasteiger partial charge in [0.1, 0.15) is 0 Å². The molecule has 18 heavy (non-hydrogen) atoms. The molecule has 0 aromatic carbocycles. The van der Waals surface area contributed by atoms with Gasteiger partial charge in [0.05, 0.1) is 0 Å². The lowest BCUT2D eigenvalue weighted by Crippen LogP contribution is -2.25. The quantitative estimate of drug-likeness (QED) is 0.768. The number of sulfonamides is 1. The molecule has 0 spiro atoms. The van der Waals surface area contributed by atoms with E-state index in [2.05, 4.69) is 14.9 Å². The van der Waals surface area contributed by atoms with Crippen molar-refractivity contribution in [3.63, 3.8) is 0 Å². The van der Waals surface area contributed by atoms with Crippen molar-refractivity contribution in [3.05, 3.63) is 0 Å². The molecule has 0 saturated carbocycles. The monoisotopic (exact) mass is 304 g/mol. The van der Waals surface area contributed by atoms with Gasteiger partial charge in [-0.3, -0.25) is 0 Å². The molecule has 0 aliphatic rings. The Hall–Kier alpha value is -0.940. The van der Waals surface area contributed by atoms with Gasteiger partial charge in [-0.15, -0.1) is 10.2 Å². The zero-order chi connectivity index (χ0) is 13.8. The lowest BCUT2D eigenvalue weighted by Gasteiger charge is -2.06. The minimum Gasteiger partial charge on any atom is -0.374 e. The zero-order valence-corrected chi connectivity index (χ0v) is 10.7. The van der Waals surface area contributed by atoms with Gasteiger partial charge in [-0.05, 0) is 12.8 Å². The molecular formula is C7H11F3N4O2S2. The highest BCUT2D eigenvalue weighted by Crippen LogP contribution is 2.22. The summed E-state index contributed by atoms with van der Waals surface area (Å²) in [4.78, 5) is 0. The largest absolute Gasteiger partial charge is 0.389 e. The molecule has 0 fully saturated rings. The summed E-state index contributed by atoms with van der Waals surface area (Å²) in [6, 6.07) is 0. The zero-order valence-electron chi connectivity index (χ0n) is 9.07. The standard InChI is InChI=1S/C7H11F3N4O2S2/c8-7(9,10)3-1-2-4-12-18(15,16)6-14-13-5(11)17-6/h12H,1-4H2,(H2,11,13). The van der Waals surface area contributed by atoms with E-state index in [0.29, 0.717) is 11.3 Å². The van der Waals surface area contributed by atoms with Gasteiger partial charge >= 0.3 is 6.18 Å². The molecule has 3 N–H and O–H groups in total. The smallest absolute Gasteiger partial charge is 0.374 e. The number of anilines is 1. The highest BCUT2D eigenvalue weighted by atomic mass is 32.2. The Kier molecular flexibility index (Phi) is 4.87. The number of unbranched alkanes of at least 4 members (excludes halogenated alkanes) is 1. The van der Waals surface area contributed by atoms with Gasteiger partial charge in [-0.25, -0.2) is 13.1 Å². The molecule has 0 unspecified atom stereocenters. The van der Waals surface area contributed by atoms with Crippen molar-refractivity contribution in [1.82, 2.24) is 14.9 Å². The van der Waals surface area contributed by atoms with Gasteiger partial charge in [-0.1, -0.05) is 11.3 Å². The maximum Gasteiger partial charge on any atom is 0.389 e. The molecule has 1 aromatic rings. The average Bonchev–Trinajstić information content (AvgIpc) is 2.63. The van der Waals surface area contributed by atoms with Crippen LogP contribution in [0.15, 0.2) is 4.34 Å². The average molecular weight is 304 g/mol. The third-order valence-electron chi connectivity index (χ3n) is 1.83. The van der Waals surface area contributed by atoms with Gasteiger partial charge in [0.2, 0.25) is 9.47 Å². The summed E-state index contributed by atoms with van der Waals surface area (Å²) in [7, 11) is -3.82. The van der Waals surface area contributed by atoms with Gasteiger partial charge in [0, 0.05) is 13.0 Å². The van der Waals surface area contributed by atoms with Crippen LogP contribution in [0.25, 0.3) is 0 Å². The number of nitrogens with one attached hydrogen (secondary N) is 1. The third kappa shape index (κ3) is 5.14. The maximum atomic E-state index is 11.8. The first kappa shape index (κ1) is 15.1. The van der Waals surface area contributed by atoms with Crippen molar-refractivity contribution < 1.29 is 21.6 Å². The minimum atomic E-state index is -4.22. The Bertz CT molecular complexity index is 485. The molecule has 0 aliphatic heterocycles. The molecule has 0 radical (unpaired) electrons. The van der Waals surface area contributed by atoms with Gasteiger partial charge in [0.25, 0.3) is 10.0 Å². The lowest BCUT2D eigenvalue weighted by molar-refractivity contribution is -0.135. The highest BCUT2D eigenvalue weighted by molar-refractivity contribution is 7.91. The van der Waals surface area contributed by atoms with Gasteiger partial charge < -0.3 is 5.73 Å². The van der Waals surface area contributed by atoms with Crippen LogP contribution >= 0.6 is 11.3 Å². The van der Waals surface area contributed by atoms with E-state index in [1.54, 1.807) is 0 Å². The first-order chi connectivity index (χ1) is 8.21. The fourth-order valence-electron chi connectivity index (χ4n) is 1.05. The predicted molar refractivity (Wildman–Crippen MR) is 59.4 cm³/mol. The van der Waals surface area contributed by atoms with Crippen molar-refractivity contribution in [2.45, 2.75) is 29.8 Å². The van der Waals surface area contributed by atoms with Crippen molar-refractivity contribution in [1.29, 1.82) is 0 Å². The first-order valence-corrected chi connectivity index (χ1v) is 7.16. The van der Waals surface area contributed by atoms with E-state index in [4.69, 9.17) is 5.73 Å². The molecule has 11 heteroatoms. The fourth-order valence-corrected chi connectivity index (χ4v) is 2.95. The number of nitrogen functional groups attached to an aromatic ring is 1. The molecule has 6 nitrogen and oxygen atoms in total. The second kappa shape index (κ2) is 5.80. The summed E-state index contributed by atoms with van der Waals surface area (Å²) in [6.45, 7) is -0.0854. The van der Waals surface area contributed by atoms with E-state index in [-0.39, 0.29) is 28.9 Å². The van der Waals surface area contributed by atoms with Crippen LogP contribution in [0.3, 0.4) is 0 Å². The molecular weight excluding hydrogens is 293 g/mol. The van der Waals surface area contributed by atoms with Crippen LogP contribution in [0, 0.1) is 0 Å². The minimum absolute atomic E-state index is 0.00689. The molecule has 0 bridgehead atoms. The number of hydrogen-bond acceptors (Lipinski definition) is 6. The van der Waals surface area contributed by atoms with Crippen molar-refractivity contribution in [2.24, 2.45) is 0 Å². The van der Waals surface area contributed by atoms with Crippen LogP contribution < -0.4 is 10.5 Å². The number of aromatic nitrogens is 2. The van der Waals surface area contributed by atoms with Crippen molar-refractivity contribution in [2.75, 3.05) is 12.3 Å². The predicted octanol–water partition coefficient (Wildman–Crippen LogP) is 1.13. The van der Waals surface area contributed by atoms with E-state index in [0.717, 1.165) is 0 Å². The normalized spacial score (nSPS) is 12.8. The summed E-state index contributed by atoms with van der Waals surface area (Å²) in [5, 5.41) is 6.68. The number of rotatable bonds is 6. The molecule has 0 atom stereocenters.